The van der Waals surface area contributed by atoms with Crippen molar-refractivity contribution in [3.8, 4) is 11.5 Å². The Morgan fingerprint density at radius 3 is 2.64 bits per heavy atom. The van der Waals surface area contributed by atoms with Gasteiger partial charge in [0.25, 0.3) is 5.91 Å². The number of amides is 1. The molecule has 0 saturated carbocycles. The summed E-state index contributed by atoms with van der Waals surface area (Å²) < 4.78 is 22.3. The fourth-order valence-electron chi connectivity index (χ4n) is 3.19. The molecule has 1 aromatic carbocycles. The first-order chi connectivity index (χ1) is 12.2. The summed E-state index contributed by atoms with van der Waals surface area (Å²) in [6.07, 6.45) is 1.68. The molecule has 4 rings (SSSR count). The number of nitrogens with zero attached hydrogens (tertiary/aromatic N) is 2. The Hall–Kier alpha value is -2.80. The lowest BCUT2D eigenvalue weighted by molar-refractivity contribution is 0.0284. The van der Waals surface area contributed by atoms with Crippen molar-refractivity contribution in [3.05, 3.63) is 30.2 Å². The normalized spacial score (nSPS) is 14.9. The third-order valence-electron chi connectivity index (χ3n) is 4.37. The fraction of sp³-hybridized carbons (Fsp3) is 0.333. The molecule has 0 N–H and O–H groups in total. The lowest BCUT2D eigenvalue weighted by Gasteiger charge is -2.25. The van der Waals surface area contributed by atoms with Gasteiger partial charge in [-0.2, -0.15) is 0 Å². The van der Waals surface area contributed by atoms with Crippen molar-refractivity contribution in [3.63, 3.8) is 0 Å². The van der Waals surface area contributed by atoms with E-state index >= 15 is 0 Å². The van der Waals surface area contributed by atoms with Gasteiger partial charge in [-0.25, -0.2) is 0 Å². The van der Waals surface area contributed by atoms with Crippen LogP contribution >= 0.6 is 0 Å². The highest BCUT2D eigenvalue weighted by atomic mass is 16.5. The Labute approximate surface area is 144 Å². The number of rotatable bonds is 3. The molecular formula is C18H18N2O5. The van der Waals surface area contributed by atoms with Crippen LogP contribution in [0.4, 0.5) is 0 Å². The third kappa shape index (κ3) is 2.47. The maximum absolute atomic E-state index is 12.7. The second kappa shape index (κ2) is 6.25. The predicted octanol–water partition coefficient (Wildman–Crippen LogP) is 2.47. The van der Waals surface area contributed by atoms with E-state index in [1.165, 1.54) is 0 Å². The topological polar surface area (TPSA) is 74.0 Å². The number of carbonyl (C=O) groups excluding carboxylic acids is 1. The number of benzene rings is 1. The first kappa shape index (κ1) is 15.7. The van der Waals surface area contributed by atoms with Gasteiger partial charge in [-0.15, -0.1) is 0 Å². The van der Waals surface area contributed by atoms with Crippen LogP contribution in [0.3, 0.4) is 0 Å². The molecule has 1 amide bonds. The smallest absolute Gasteiger partial charge is 0.289 e. The number of aromatic nitrogens is 1. The SMILES string of the molecule is COc1c2cccnc2c(OC)c2oc(C(=O)N3CCOCC3)cc12. The van der Waals surface area contributed by atoms with Crippen LogP contribution in [-0.4, -0.2) is 56.3 Å². The molecule has 25 heavy (non-hydrogen) atoms. The number of carbonyl (C=O) groups is 1. The molecule has 1 fully saturated rings. The number of ether oxygens (including phenoxy) is 3. The van der Waals surface area contributed by atoms with Crippen molar-refractivity contribution < 1.29 is 23.4 Å². The molecule has 0 atom stereocenters. The van der Waals surface area contributed by atoms with Gasteiger partial charge in [0.1, 0.15) is 11.3 Å². The minimum atomic E-state index is -0.166. The van der Waals surface area contributed by atoms with E-state index in [9.17, 15) is 4.79 Å². The summed E-state index contributed by atoms with van der Waals surface area (Å²) in [5.41, 5.74) is 1.09. The molecule has 7 heteroatoms. The van der Waals surface area contributed by atoms with E-state index in [2.05, 4.69) is 4.98 Å². The summed E-state index contributed by atoms with van der Waals surface area (Å²) in [5, 5.41) is 1.50. The van der Waals surface area contributed by atoms with Crippen molar-refractivity contribution in [1.29, 1.82) is 0 Å². The van der Waals surface area contributed by atoms with Gasteiger partial charge >= 0.3 is 0 Å². The van der Waals surface area contributed by atoms with Crippen LogP contribution in [0.15, 0.2) is 28.8 Å². The summed E-state index contributed by atoms with van der Waals surface area (Å²) in [6, 6.07) is 5.44. The number of hydrogen-bond acceptors (Lipinski definition) is 6. The number of fused-ring (bicyclic) bond motifs is 2. The maximum atomic E-state index is 12.7. The fourth-order valence-corrected chi connectivity index (χ4v) is 3.19. The zero-order valence-electron chi connectivity index (χ0n) is 14.1. The van der Waals surface area contributed by atoms with E-state index in [1.807, 2.05) is 12.1 Å². The van der Waals surface area contributed by atoms with Gasteiger partial charge in [0.05, 0.1) is 32.8 Å². The van der Waals surface area contributed by atoms with Crippen LogP contribution in [0.1, 0.15) is 10.6 Å². The van der Waals surface area contributed by atoms with Crippen molar-refractivity contribution in [1.82, 2.24) is 9.88 Å². The van der Waals surface area contributed by atoms with Crippen LogP contribution in [0, 0.1) is 0 Å². The van der Waals surface area contributed by atoms with Crippen molar-refractivity contribution in [2.45, 2.75) is 0 Å². The van der Waals surface area contributed by atoms with Crippen LogP contribution in [-0.2, 0) is 4.74 Å². The first-order valence-corrected chi connectivity index (χ1v) is 8.04. The van der Waals surface area contributed by atoms with Crippen molar-refractivity contribution >= 4 is 27.8 Å². The molecule has 0 bridgehead atoms. The molecule has 0 aliphatic carbocycles. The van der Waals surface area contributed by atoms with Crippen molar-refractivity contribution in [2.24, 2.45) is 0 Å². The number of pyridine rings is 1. The Morgan fingerprint density at radius 2 is 1.92 bits per heavy atom. The summed E-state index contributed by atoms with van der Waals surface area (Å²) >= 11 is 0. The predicted molar refractivity (Wildman–Crippen MR) is 91.3 cm³/mol. The standard InChI is InChI=1S/C18H18N2O5/c1-22-15-11-4-3-5-19-14(11)17(23-2)16-12(15)10-13(25-16)18(21)20-6-8-24-9-7-20/h3-5,10H,6-9H2,1-2H3. The highest BCUT2D eigenvalue weighted by Crippen LogP contribution is 2.43. The molecule has 3 aromatic rings. The number of furan rings is 1. The largest absolute Gasteiger partial charge is 0.495 e. The van der Waals surface area contributed by atoms with E-state index < -0.39 is 0 Å². The zero-order valence-corrected chi connectivity index (χ0v) is 14.1. The van der Waals surface area contributed by atoms with Crippen LogP contribution in [0.5, 0.6) is 11.5 Å². The Morgan fingerprint density at radius 1 is 1.16 bits per heavy atom. The lowest BCUT2D eigenvalue weighted by Crippen LogP contribution is -2.40. The second-order valence-electron chi connectivity index (χ2n) is 5.72. The summed E-state index contributed by atoms with van der Waals surface area (Å²) in [6.45, 7) is 2.17. The van der Waals surface area contributed by atoms with Gasteiger partial charge < -0.3 is 23.5 Å². The lowest BCUT2D eigenvalue weighted by atomic mass is 10.1. The third-order valence-corrected chi connectivity index (χ3v) is 4.37. The van der Waals surface area contributed by atoms with Crippen LogP contribution < -0.4 is 9.47 Å². The molecular weight excluding hydrogens is 324 g/mol. The zero-order chi connectivity index (χ0) is 17.4. The average molecular weight is 342 g/mol. The minimum Gasteiger partial charge on any atom is -0.495 e. The average Bonchev–Trinajstić information content (AvgIpc) is 3.10. The van der Waals surface area contributed by atoms with E-state index in [-0.39, 0.29) is 11.7 Å². The monoisotopic (exact) mass is 342 g/mol. The number of morpholine rings is 1. The van der Waals surface area contributed by atoms with Gasteiger partial charge in [-0.3, -0.25) is 9.78 Å². The Bertz CT molecular complexity index is 883. The molecule has 1 aliphatic heterocycles. The highest BCUT2D eigenvalue weighted by molar-refractivity contribution is 6.09. The Kier molecular flexibility index (Phi) is 3.93. The number of hydrogen-bond donors (Lipinski definition) is 0. The molecule has 1 aliphatic rings. The molecule has 7 nitrogen and oxygen atoms in total. The quantitative estimate of drug-likeness (QED) is 0.728. The van der Waals surface area contributed by atoms with Gasteiger partial charge in [-0.1, -0.05) is 0 Å². The summed E-state index contributed by atoms with van der Waals surface area (Å²) in [4.78, 5) is 18.8. The maximum Gasteiger partial charge on any atom is 0.289 e. The molecule has 3 heterocycles. The minimum absolute atomic E-state index is 0.166. The second-order valence-corrected chi connectivity index (χ2v) is 5.72. The summed E-state index contributed by atoms with van der Waals surface area (Å²) in [7, 11) is 3.14. The molecule has 0 unspecified atom stereocenters. The summed E-state index contributed by atoms with van der Waals surface area (Å²) in [5.74, 6) is 1.19. The molecule has 0 spiro atoms. The molecule has 130 valence electrons. The van der Waals surface area contributed by atoms with Crippen LogP contribution in [0.25, 0.3) is 21.9 Å². The van der Waals surface area contributed by atoms with E-state index in [0.29, 0.717) is 54.3 Å². The van der Waals surface area contributed by atoms with Gasteiger partial charge in [-0.05, 0) is 12.1 Å². The molecule has 0 radical (unpaired) electrons. The van der Waals surface area contributed by atoms with E-state index in [1.54, 1.807) is 31.4 Å². The van der Waals surface area contributed by atoms with Gasteiger partial charge in [0, 0.05) is 30.7 Å². The van der Waals surface area contributed by atoms with E-state index in [0.717, 1.165) is 5.39 Å². The van der Waals surface area contributed by atoms with E-state index in [4.69, 9.17) is 18.6 Å². The number of methoxy groups -OCH3 is 2. The highest BCUT2D eigenvalue weighted by Gasteiger charge is 2.26. The Balaban J connectivity index is 1.92. The van der Waals surface area contributed by atoms with Gasteiger partial charge in [0.2, 0.25) is 0 Å². The molecule has 1 saturated heterocycles. The van der Waals surface area contributed by atoms with Gasteiger partial charge in [0.15, 0.2) is 17.1 Å². The van der Waals surface area contributed by atoms with Crippen molar-refractivity contribution in [2.75, 3.05) is 40.5 Å². The molecule has 2 aromatic heterocycles. The van der Waals surface area contributed by atoms with Crippen LogP contribution in [0.2, 0.25) is 0 Å². The first-order valence-electron chi connectivity index (χ1n) is 8.04.